The van der Waals surface area contributed by atoms with Gasteiger partial charge in [-0.25, -0.2) is 0 Å². The van der Waals surface area contributed by atoms with Crippen LogP contribution in [0.2, 0.25) is 0 Å². The van der Waals surface area contributed by atoms with Crippen molar-refractivity contribution in [3.63, 3.8) is 0 Å². The molecule has 0 aromatic heterocycles. The second kappa shape index (κ2) is 3.82. The molecule has 1 aromatic rings. The van der Waals surface area contributed by atoms with Crippen LogP contribution in [-0.2, 0) is 4.79 Å². The number of likely N-dealkylation sites (tertiary alicyclic amines) is 1. The number of nitrogens with two attached hydrogens (primary N) is 1. The van der Waals surface area contributed by atoms with E-state index in [-0.39, 0.29) is 24.3 Å². The summed E-state index contributed by atoms with van der Waals surface area (Å²) in [6.45, 7) is 0.326. The zero-order chi connectivity index (χ0) is 10.8. The van der Waals surface area contributed by atoms with Gasteiger partial charge in [-0.2, -0.15) is 0 Å². The Kier molecular flexibility index (Phi) is 2.51. The van der Waals surface area contributed by atoms with E-state index in [0.717, 1.165) is 0 Å². The third kappa shape index (κ3) is 1.89. The molecule has 78 valence electrons. The van der Waals surface area contributed by atoms with Crippen LogP contribution in [0.4, 0.5) is 0 Å². The van der Waals surface area contributed by atoms with Crippen LogP contribution in [0.1, 0.15) is 16.8 Å². The smallest absolute Gasteiger partial charge is 0.260 e. The predicted octanol–water partition coefficient (Wildman–Crippen LogP) is 0.386. The quantitative estimate of drug-likeness (QED) is 0.673. The van der Waals surface area contributed by atoms with Crippen LogP contribution >= 0.6 is 0 Å². The number of nitrogens with zero attached hydrogens (tertiary/aromatic N) is 1. The normalized spacial score (nSPS) is 20.7. The molecule has 2 N–H and O–H groups in total. The maximum absolute atomic E-state index is 11.9. The molecule has 1 saturated heterocycles. The van der Waals surface area contributed by atoms with E-state index in [1.807, 2.05) is 6.07 Å². The molecule has 1 heterocycles. The van der Waals surface area contributed by atoms with Crippen molar-refractivity contribution in [3.05, 3.63) is 35.9 Å². The van der Waals surface area contributed by atoms with Crippen molar-refractivity contribution < 1.29 is 9.59 Å². The van der Waals surface area contributed by atoms with Gasteiger partial charge in [-0.1, -0.05) is 18.2 Å². The molecule has 1 aliphatic heterocycles. The van der Waals surface area contributed by atoms with Gasteiger partial charge < -0.3 is 5.73 Å². The van der Waals surface area contributed by atoms with E-state index in [1.54, 1.807) is 24.3 Å². The summed E-state index contributed by atoms with van der Waals surface area (Å²) >= 11 is 0. The number of imide groups is 1. The van der Waals surface area contributed by atoms with Crippen LogP contribution in [0.5, 0.6) is 0 Å². The minimum absolute atomic E-state index is 0.184. The third-order valence-corrected chi connectivity index (χ3v) is 2.42. The fraction of sp³-hybridized carbons (Fsp3) is 0.273. The lowest BCUT2D eigenvalue weighted by Crippen LogP contribution is -2.34. The van der Waals surface area contributed by atoms with Crippen LogP contribution in [-0.4, -0.2) is 29.3 Å². The number of hydrogen-bond donors (Lipinski definition) is 1. The van der Waals surface area contributed by atoms with Crippen molar-refractivity contribution in [3.8, 4) is 0 Å². The van der Waals surface area contributed by atoms with Crippen molar-refractivity contribution in [2.45, 2.75) is 12.5 Å². The molecule has 2 rings (SSSR count). The first-order valence-electron chi connectivity index (χ1n) is 4.84. The third-order valence-electron chi connectivity index (χ3n) is 2.42. The molecule has 0 saturated carbocycles. The van der Waals surface area contributed by atoms with Crippen molar-refractivity contribution >= 4 is 11.8 Å². The van der Waals surface area contributed by atoms with Gasteiger partial charge in [-0.05, 0) is 12.1 Å². The highest BCUT2D eigenvalue weighted by Gasteiger charge is 2.32. The van der Waals surface area contributed by atoms with Crippen molar-refractivity contribution in [1.82, 2.24) is 4.90 Å². The number of rotatable bonds is 1. The van der Waals surface area contributed by atoms with Crippen LogP contribution in [0.15, 0.2) is 30.3 Å². The van der Waals surface area contributed by atoms with Gasteiger partial charge in [0.2, 0.25) is 5.91 Å². The predicted molar refractivity (Wildman–Crippen MR) is 55.1 cm³/mol. The van der Waals surface area contributed by atoms with Gasteiger partial charge in [0.1, 0.15) is 0 Å². The molecule has 0 radical (unpaired) electrons. The number of benzene rings is 1. The van der Waals surface area contributed by atoms with E-state index >= 15 is 0 Å². The van der Waals surface area contributed by atoms with Gasteiger partial charge in [0.25, 0.3) is 5.91 Å². The molecule has 1 aromatic carbocycles. The van der Waals surface area contributed by atoms with E-state index in [1.165, 1.54) is 4.90 Å². The van der Waals surface area contributed by atoms with Crippen molar-refractivity contribution in [1.29, 1.82) is 0 Å². The number of carbonyl (C=O) groups excluding carboxylic acids is 2. The van der Waals surface area contributed by atoms with Crippen molar-refractivity contribution in [2.24, 2.45) is 5.73 Å². The minimum atomic E-state index is -0.256. The zero-order valence-corrected chi connectivity index (χ0v) is 8.22. The molecule has 1 fully saturated rings. The van der Waals surface area contributed by atoms with Gasteiger partial charge in [0.05, 0.1) is 0 Å². The second-order valence-corrected chi connectivity index (χ2v) is 3.64. The highest BCUT2D eigenvalue weighted by molar-refractivity contribution is 6.05. The van der Waals surface area contributed by atoms with Crippen LogP contribution in [0.25, 0.3) is 0 Å². The van der Waals surface area contributed by atoms with Gasteiger partial charge in [-0.3, -0.25) is 14.5 Å². The van der Waals surface area contributed by atoms with E-state index in [2.05, 4.69) is 0 Å². The van der Waals surface area contributed by atoms with Gasteiger partial charge in [-0.15, -0.1) is 0 Å². The highest BCUT2D eigenvalue weighted by atomic mass is 16.2. The average molecular weight is 204 g/mol. The van der Waals surface area contributed by atoms with Crippen LogP contribution < -0.4 is 5.73 Å². The Morgan fingerprint density at radius 2 is 2.00 bits per heavy atom. The topological polar surface area (TPSA) is 63.4 Å². The molecule has 0 bridgehead atoms. The minimum Gasteiger partial charge on any atom is -0.326 e. The Bertz CT molecular complexity index is 389. The van der Waals surface area contributed by atoms with E-state index < -0.39 is 0 Å². The SMILES string of the molecule is NC1CC(=O)N(C(=O)c2ccccc2)C1. The molecule has 1 aliphatic rings. The first-order chi connectivity index (χ1) is 7.18. The first-order valence-corrected chi connectivity index (χ1v) is 4.84. The van der Waals surface area contributed by atoms with Gasteiger partial charge in [0.15, 0.2) is 0 Å². The summed E-state index contributed by atoms with van der Waals surface area (Å²) in [5.74, 6) is -0.440. The second-order valence-electron chi connectivity index (χ2n) is 3.64. The lowest BCUT2D eigenvalue weighted by molar-refractivity contribution is -0.125. The van der Waals surface area contributed by atoms with E-state index in [0.29, 0.717) is 12.1 Å². The number of hydrogen-bond acceptors (Lipinski definition) is 3. The summed E-state index contributed by atoms with van der Waals surface area (Å²) < 4.78 is 0. The molecular formula is C11H12N2O2. The molecule has 0 spiro atoms. The Morgan fingerprint density at radius 3 is 2.53 bits per heavy atom. The molecule has 0 aliphatic carbocycles. The zero-order valence-electron chi connectivity index (χ0n) is 8.22. The lowest BCUT2D eigenvalue weighted by Gasteiger charge is -2.13. The fourth-order valence-corrected chi connectivity index (χ4v) is 1.67. The summed E-state index contributed by atoms with van der Waals surface area (Å²) in [7, 11) is 0. The maximum atomic E-state index is 11.9. The first kappa shape index (κ1) is 9.86. The summed E-state index contributed by atoms with van der Waals surface area (Å²) in [6, 6.07) is 8.54. The highest BCUT2D eigenvalue weighted by Crippen LogP contribution is 2.13. The Labute approximate surface area is 87.7 Å². The monoisotopic (exact) mass is 204 g/mol. The molecule has 4 nitrogen and oxygen atoms in total. The Hall–Kier alpha value is -1.68. The van der Waals surface area contributed by atoms with Gasteiger partial charge >= 0.3 is 0 Å². The molecule has 1 unspecified atom stereocenters. The molecule has 15 heavy (non-hydrogen) atoms. The summed E-state index contributed by atoms with van der Waals surface area (Å²) in [5, 5.41) is 0. The fourth-order valence-electron chi connectivity index (χ4n) is 1.67. The van der Waals surface area contributed by atoms with Gasteiger partial charge in [0, 0.05) is 24.6 Å². The van der Waals surface area contributed by atoms with Crippen LogP contribution in [0.3, 0.4) is 0 Å². The standard InChI is InChI=1S/C11H12N2O2/c12-9-6-10(14)13(7-9)11(15)8-4-2-1-3-5-8/h1-5,9H,6-7,12H2. The molecule has 4 heteroatoms. The largest absolute Gasteiger partial charge is 0.326 e. The summed E-state index contributed by atoms with van der Waals surface area (Å²) in [5.41, 5.74) is 6.14. The van der Waals surface area contributed by atoms with E-state index in [4.69, 9.17) is 5.73 Å². The average Bonchev–Trinajstić information content (AvgIpc) is 2.58. The van der Waals surface area contributed by atoms with Crippen LogP contribution in [0, 0.1) is 0 Å². The number of amides is 2. The lowest BCUT2D eigenvalue weighted by atomic mass is 10.2. The van der Waals surface area contributed by atoms with E-state index in [9.17, 15) is 9.59 Å². The Morgan fingerprint density at radius 1 is 1.33 bits per heavy atom. The Balaban J connectivity index is 2.19. The molecular weight excluding hydrogens is 192 g/mol. The van der Waals surface area contributed by atoms with Crippen molar-refractivity contribution in [2.75, 3.05) is 6.54 Å². The molecule has 1 atom stereocenters. The number of carbonyl (C=O) groups is 2. The summed E-state index contributed by atoms with van der Waals surface area (Å²) in [6.07, 6.45) is 0.262. The molecule has 2 amide bonds. The summed E-state index contributed by atoms with van der Waals surface area (Å²) in [4.78, 5) is 24.5. The maximum Gasteiger partial charge on any atom is 0.260 e.